The van der Waals surface area contributed by atoms with Crippen molar-refractivity contribution in [3.8, 4) is 5.75 Å². The van der Waals surface area contributed by atoms with Crippen LogP contribution in [-0.4, -0.2) is 9.79 Å². The zero-order valence-corrected chi connectivity index (χ0v) is 11.7. The average molecular weight is 288 g/mol. The number of benzene rings is 3. The summed E-state index contributed by atoms with van der Waals surface area (Å²) < 4.78 is 15.9. The largest absolute Gasteiger partial charge is 0.524 e. The van der Waals surface area contributed by atoms with E-state index in [1.165, 1.54) is 0 Å². The molecule has 20 heavy (non-hydrogen) atoms. The number of hydrogen-bond acceptors (Lipinski definition) is 2. The Balaban J connectivity index is 2.35. The molecule has 0 amide bonds. The fourth-order valence-corrected chi connectivity index (χ4v) is 2.77. The molecule has 3 aromatic carbocycles. The lowest BCUT2D eigenvalue weighted by Gasteiger charge is -2.12. The SMILES string of the molecule is Cc1ccc(OP(=O)(O)O)c2cc3ccccc3cc12. The van der Waals surface area contributed by atoms with Crippen molar-refractivity contribution in [3.05, 3.63) is 54.1 Å². The monoisotopic (exact) mass is 288 g/mol. The highest BCUT2D eigenvalue weighted by Crippen LogP contribution is 2.42. The van der Waals surface area contributed by atoms with Gasteiger partial charge < -0.3 is 4.52 Å². The zero-order valence-electron chi connectivity index (χ0n) is 10.8. The Morgan fingerprint density at radius 1 is 0.950 bits per heavy atom. The predicted octanol–water partition coefficient (Wildman–Crippen LogP) is 3.77. The van der Waals surface area contributed by atoms with E-state index < -0.39 is 7.82 Å². The lowest BCUT2D eigenvalue weighted by atomic mass is 10.00. The molecule has 0 fully saturated rings. The van der Waals surface area contributed by atoms with Gasteiger partial charge in [-0.05, 0) is 46.8 Å². The lowest BCUT2D eigenvalue weighted by Crippen LogP contribution is -1.92. The zero-order chi connectivity index (χ0) is 14.3. The first-order valence-electron chi connectivity index (χ1n) is 6.11. The second-order valence-corrected chi connectivity index (χ2v) is 5.87. The molecule has 0 radical (unpaired) electrons. The molecule has 0 heterocycles. The third-order valence-electron chi connectivity index (χ3n) is 3.28. The van der Waals surface area contributed by atoms with Crippen LogP contribution in [-0.2, 0) is 4.57 Å². The maximum absolute atomic E-state index is 11.1. The number of aryl methyl sites for hydroxylation is 1. The van der Waals surface area contributed by atoms with Crippen molar-refractivity contribution in [2.75, 3.05) is 0 Å². The normalized spacial score (nSPS) is 11.9. The van der Waals surface area contributed by atoms with Gasteiger partial charge in [-0.25, -0.2) is 4.57 Å². The average Bonchev–Trinajstić information content (AvgIpc) is 2.39. The van der Waals surface area contributed by atoms with E-state index in [1.54, 1.807) is 12.1 Å². The summed E-state index contributed by atoms with van der Waals surface area (Å²) in [5, 5.41) is 3.71. The lowest BCUT2D eigenvalue weighted by molar-refractivity contribution is 0.284. The van der Waals surface area contributed by atoms with Crippen molar-refractivity contribution in [1.29, 1.82) is 0 Å². The van der Waals surface area contributed by atoms with Crippen LogP contribution >= 0.6 is 7.82 Å². The van der Waals surface area contributed by atoms with Crippen molar-refractivity contribution in [3.63, 3.8) is 0 Å². The van der Waals surface area contributed by atoms with Gasteiger partial charge >= 0.3 is 7.82 Å². The van der Waals surface area contributed by atoms with Crippen LogP contribution in [0.2, 0.25) is 0 Å². The van der Waals surface area contributed by atoms with Crippen molar-refractivity contribution in [2.45, 2.75) is 6.92 Å². The Labute approximate surface area is 115 Å². The molecular weight excluding hydrogens is 275 g/mol. The number of fused-ring (bicyclic) bond motifs is 2. The van der Waals surface area contributed by atoms with Crippen molar-refractivity contribution in [1.82, 2.24) is 0 Å². The highest BCUT2D eigenvalue weighted by Gasteiger charge is 2.18. The van der Waals surface area contributed by atoms with E-state index in [1.807, 2.05) is 43.3 Å². The Bertz CT molecular complexity index is 851. The van der Waals surface area contributed by atoms with E-state index >= 15 is 0 Å². The Morgan fingerprint density at radius 2 is 1.55 bits per heavy atom. The standard InChI is InChI=1S/C15H13O4P/c1-10-6-7-15(19-20(16,17)18)14-9-12-5-3-2-4-11(12)8-13(10)14/h2-9H,1H3,(H2,16,17,18). The molecule has 0 spiro atoms. The van der Waals surface area contributed by atoms with Crippen LogP contribution in [0.4, 0.5) is 0 Å². The molecule has 0 aromatic heterocycles. The van der Waals surface area contributed by atoms with Crippen LogP contribution in [0.15, 0.2) is 48.5 Å². The Hall–Kier alpha value is -1.87. The van der Waals surface area contributed by atoms with E-state index in [-0.39, 0.29) is 5.75 Å². The Morgan fingerprint density at radius 3 is 2.15 bits per heavy atom. The summed E-state index contributed by atoms with van der Waals surface area (Å²) in [5.41, 5.74) is 1.03. The number of phosphoric acid groups is 1. The first kappa shape index (κ1) is 13.1. The molecule has 0 aliphatic heterocycles. The highest BCUT2D eigenvalue weighted by atomic mass is 31.2. The topological polar surface area (TPSA) is 66.8 Å². The summed E-state index contributed by atoms with van der Waals surface area (Å²) in [5.74, 6) is 0.199. The second-order valence-electron chi connectivity index (χ2n) is 4.71. The summed E-state index contributed by atoms with van der Waals surface area (Å²) in [7, 11) is -4.57. The molecule has 5 heteroatoms. The van der Waals surface area contributed by atoms with E-state index in [9.17, 15) is 4.57 Å². The van der Waals surface area contributed by atoms with Gasteiger partial charge in [-0.15, -0.1) is 0 Å². The number of rotatable bonds is 2. The highest BCUT2D eigenvalue weighted by molar-refractivity contribution is 7.46. The van der Waals surface area contributed by atoms with Crippen LogP contribution in [0, 0.1) is 6.92 Å². The summed E-state index contributed by atoms with van der Waals surface area (Å²) in [6.45, 7) is 1.96. The molecule has 0 bridgehead atoms. The molecule has 0 atom stereocenters. The van der Waals surface area contributed by atoms with Crippen LogP contribution < -0.4 is 4.52 Å². The fraction of sp³-hybridized carbons (Fsp3) is 0.0667. The molecule has 0 aliphatic rings. The summed E-state index contributed by atoms with van der Waals surface area (Å²) >= 11 is 0. The molecule has 0 unspecified atom stereocenters. The van der Waals surface area contributed by atoms with Gasteiger partial charge in [0.2, 0.25) is 0 Å². The molecule has 102 valence electrons. The van der Waals surface area contributed by atoms with Crippen LogP contribution in [0.25, 0.3) is 21.5 Å². The third-order valence-corrected chi connectivity index (χ3v) is 3.71. The molecule has 3 rings (SSSR count). The van der Waals surface area contributed by atoms with Crippen LogP contribution in [0.3, 0.4) is 0 Å². The first-order chi connectivity index (χ1) is 9.44. The summed E-state index contributed by atoms with van der Waals surface area (Å²) in [6.07, 6.45) is 0. The van der Waals surface area contributed by atoms with Gasteiger partial charge in [0.25, 0.3) is 0 Å². The van der Waals surface area contributed by atoms with Crippen molar-refractivity contribution < 1.29 is 18.9 Å². The van der Waals surface area contributed by atoms with Gasteiger partial charge in [-0.3, -0.25) is 9.79 Å². The Kier molecular flexibility index (Phi) is 3.02. The quantitative estimate of drug-likeness (QED) is 0.556. The molecule has 3 aromatic rings. The van der Waals surface area contributed by atoms with Gasteiger partial charge in [0.1, 0.15) is 5.75 Å². The molecule has 0 aliphatic carbocycles. The fourth-order valence-electron chi connectivity index (χ4n) is 2.36. The minimum Gasteiger partial charge on any atom is -0.404 e. The van der Waals surface area contributed by atoms with Gasteiger partial charge in [-0.1, -0.05) is 30.3 Å². The van der Waals surface area contributed by atoms with Gasteiger partial charge in [0.15, 0.2) is 0 Å². The van der Waals surface area contributed by atoms with Crippen molar-refractivity contribution >= 4 is 29.4 Å². The van der Waals surface area contributed by atoms with Gasteiger partial charge in [-0.2, -0.15) is 0 Å². The third kappa shape index (κ3) is 2.41. The van der Waals surface area contributed by atoms with E-state index in [0.717, 1.165) is 21.7 Å². The minimum absolute atomic E-state index is 0.199. The van der Waals surface area contributed by atoms with E-state index in [0.29, 0.717) is 5.39 Å². The molecule has 0 saturated carbocycles. The molecule has 2 N–H and O–H groups in total. The number of phosphoric ester groups is 1. The van der Waals surface area contributed by atoms with E-state index in [2.05, 4.69) is 0 Å². The molecule has 4 nitrogen and oxygen atoms in total. The van der Waals surface area contributed by atoms with Gasteiger partial charge in [0.05, 0.1) is 0 Å². The van der Waals surface area contributed by atoms with Crippen molar-refractivity contribution in [2.24, 2.45) is 0 Å². The molecule has 0 saturated heterocycles. The molecular formula is C15H13O4P. The number of hydrogen-bond donors (Lipinski definition) is 2. The first-order valence-corrected chi connectivity index (χ1v) is 7.64. The summed E-state index contributed by atoms with van der Waals surface area (Å²) in [6, 6.07) is 15.1. The maximum atomic E-state index is 11.1. The smallest absolute Gasteiger partial charge is 0.404 e. The van der Waals surface area contributed by atoms with Gasteiger partial charge in [0, 0.05) is 5.39 Å². The second kappa shape index (κ2) is 4.60. The predicted molar refractivity (Wildman–Crippen MR) is 78.9 cm³/mol. The maximum Gasteiger partial charge on any atom is 0.524 e. The van der Waals surface area contributed by atoms with Crippen LogP contribution in [0.5, 0.6) is 5.75 Å². The van der Waals surface area contributed by atoms with E-state index in [4.69, 9.17) is 14.3 Å². The van der Waals surface area contributed by atoms with Crippen LogP contribution in [0.1, 0.15) is 5.56 Å². The summed E-state index contributed by atoms with van der Waals surface area (Å²) in [4.78, 5) is 18.0. The minimum atomic E-state index is -4.57.